The van der Waals surface area contributed by atoms with E-state index in [2.05, 4.69) is 15.8 Å². The van der Waals surface area contributed by atoms with Crippen LogP contribution in [0, 0.1) is 5.82 Å². The number of rotatable bonds is 7. The molecule has 0 fully saturated rings. The zero-order valence-electron chi connectivity index (χ0n) is 15.8. The highest BCUT2D eigenvalue weighted by Crippen LogP contribution is 2.28. The van der Waals surface area contributed by atoms with E-state index in [9.17, 15) is 4.39 Å². The van der Waals surface area contributed by atoms with Crippen LogP contribution in [-0.2, 0) is 6.61 Å². The fourth-order valence-electron chi connectivity index (χ4n) is 2.48. The molecule has 0 saturated carbocycles. The van der Waals surface area contributed by atoms with Crippen LogP contribution >= 0.6 is 12.2 Å². The van der Waals surface area contributed by atoms with Gasteiger partial charge in [0.2, 0.25) is 0 Å². The maximum Gasteiger partial charge on any atom is 0.191 e. The van der Waals surface area contributed by atoms with Gasteiger partial charge >= 0.3 is 0 Å². The Kier molecular flexibility index (Phi) is 7.13. The van der Waals surface area contributed by atoms with E-state index in [1.165, 1.54) is 12.1 Å². The minimum atomic E-state index is -0.308. The average molecular weight is 409 g/mol. The van der Waals surface area contributed by atoms with Crippen LogP contribution in [0.15, 0.2) is 77.9 Å². The molecule has 148 valence electrons. The lowest BCUT2D eigenvalue weighted by Gasteiger charge is -2.11. The van der Waals surface area contributed by atoms with E-state index in [4.69, 9.17) is 21.7 Å². The van der Waals surface area contributed by atoms with Gasteiger partial charge < -0.3 is 14.8 Å². The van der Waals surface area contributed by atoms with Crippen LogP contribution in [0.3, 0.4) is 0 Å². The second-order valence-corrected chi connectivity index (χ2v) is 6.42. The SMILES string of the molecule is COc1cc(/C=N\NC(=S)Nc2ccc(F)cc2)ccc1OCc1ccccc1. The molecule has 0 heterocycles. The molecule has 0 aliphatic heterocycles. The van der Waals surface area contributed by atoms with Crippen molar-refractivity contribution in [3.05, 3.63) is 89.7 Å². The van der Waals surface area contributed by atoms with E-state index in [1.54, 1.807) is 25.5 Å². The molecule has 0 aliphatic rings. The zero-order valence-corrected chi connectivity index (χ0v) is 16.6. The van der Waals surface area contributed by atoms with E-state index in [-0.39, 0.29) is 5.82 Å². The van der Waals surface area contributed by atoms with Crippen LogP contribution in [0.5, 0.6) is 11.5 Å². The standard InChI is InChI=1S/C22H20FN3O2S/c1-27-21-13-17(7-12-20(21)28-15-16-5-3-2-4-6-16)14-24-26-22(29)25-19-10-8-18(23)9-11-19/h2-14H,15H2,1H3,(H2,25,26,29)/b24-14-. The third-order valence-corrected chi connectivity index (χ3v) is 4.10. The van der Waals surface area contributed by atoms with Crippen molar-refractivity contribution in [2.24, 2.45) is 5.10 Å². The Morgan fingerprint density at radius 3 is 2.52 bits per heavy atom. The summed E-state index contributed by atoms with van der Waals surface area (Å²) in [5.41, 5.74) is 5.27. The van der Waals surface area contributed by atoms with Crippen molar-refractivity contribution in [1.82, 2.24) is 5.43 Å². The normalized spacial score (nSPS) is 10.6. The molecule has 7 heteroatoms. The molecule has 0 saturated heterocycles. The first kappa shape index (κ1) is 20.3. The van der Waals surface area contributed by atoms with Gasteiger partial charge in [0.1, 0.15) is 12.4 Å². The molecule has 0 atom stereocenters. The number of halogens is 1. The van der Waals surface area contributed by atoms with Crippen molar-refractivity contribution < 1.29 is 13.9 Å². The number of hydrazone groups is 1. The lowest BCUT2D eigenvalue weighted by molar-refractivity contribution is 0.284. The molecule has 0 aromatic heterocycles. The summed E-state index contributed by atoms with van der Waals surface area (Å²) in [6.45, 7) is 0.454. The Morgan fingerprint density at radius 2 is 1.79 bits per heavy atom. The summed E-state index contributed by atoms with van der Waals surface area (Å²) >= 11 is 5.16. The van der Waals surface area contributed by atoms with Gasteiger partial charge in [0.15, 0.2) is 16.6 Å². The van der Waals surface area contributed by atoms with Crippen LogP contribution in [0.25, 0.3) is 0 Å². The Hall–Kier alpha value is -3.45. The number of thiocarbonyl (C=S) groups is 1. The van der Waals surface area contributed by atoms with Gasteiger partial charge in [0.25, 0.3) is 0 Å². The van der Waals surface area contributed by atoms with Gasteiger partial charge in [0, 0.05) is 5.69 Å². The van der Waals surface area contributed by atoms with Crippen molar-refractivity contribution in [3.63, 3.8) is 0 Å². The van der Waals surface area contributed by atoms with Crippen LogP contribution < -0.4 is 20.2 Å². The Balaban J connectivity index is 1.56. The van der Waals surface area contributed by atoms with Crippen LogP contribution in [0.1, 0.15) is 11.1 Å². The van der Waals surface area contributed by atoms with E-state index in [0.29, 0.717) is 28.9 Å². The third kappa shape index (κ3) is 6.29. The Bertz CT molecular complexity index is 979. The Morgan fingerprint density at radius 1 is 1.03 bits per heavy atom. The highest BCUT2D eigenvalue weighted by atomic mass is 32.1. The molecule has 0 unspecified atom stereocenters. The number of hydrogen-bond donors (Lipinski definition) is 2. The maximum atomic E-state index is 12.9. The van der Waals surface area contributed by atoms with Gasteiger partial charge in [-0.05, 0) is 65.8 Å². The molecule has 0 spiro atoms. The summed E-state index contributed by atoms with van der Waals surface area (Å²) in [4.78, 5) is 0. The Labute approximate surface area is 174 Å². The fraction of sp³-hybridized carbons (Fsp3) is 0.0909. The monoisotopic (exact) mass is 409 g/mol. The number of benzene rings is 3. The van der Waals surface area contributed by atoms with Crippen molar-refractivity contribution >= 4 is 29.2 Å². The molecule has 0 amide bonds. The predicted molar refractivity (Wildman–Crippen MR) is 117 cm³/mol. The first-order valence-electron chi connectivity index (χ1n) is 8.84. The van der Waals surface area contributed by atoms with E-state index in [0.717, 1.165) is 11.1 Å². The van der Waals surface area contributed by atoms with Gasteiger partial charge in [0.05, 0.1) is 13.3 Å². The number of nitrogens with zero attached hydrogens (tertiary/aromatic N) is 1. The van der Waals surface area contributed by atoms with Crippen LogP contribution in [0.4, 0.5) is 10.1 Å². The average Bonchev–Trinajstić information content (AvgIpc) is 2.75. The minimum absolute atomic E-state index is 0.294. The first-order valence-corrected chi connectivity index (χ1v) is 9.25. The molecule has 3 aromatic rings. The highest BCUT2D eigenvalue weighted by molar-refractivity contribution is 7.80. The number of nitrogens with one attached hydrogen (secondary N) is 2. The van der Waals surface area contributed by atoms with Gasteiger partial charge in [-0.3, -0.25) is 5.43 Å². The number of methoxy groups -OCH3 is 1. The topological polar surface area (TPSA) is 54.9 Å². The molecular formula is C22H20FN3O2S. The van der Waals surface area contributed by atoms with Crippen molar-refractivity contribution in [1.29, 1.82) is 0 Å². The van der Waals surface area contributed by atoms with Crippen molar-refractivity contribution in [3.8, 4) is 11.5 Å². The third-order valence-electron chi connectivity index (χ3n) is 3.91. The summed E-state index contributed by atoms with van der Waals surface area (Å²) in [5, 5.41) is 7.31. The molecule has 2 N–H and O–H groups in total. The fourth-order valence-corrected chi connectivity index (χ4v) is 2.65. The second kappa shape index (κ2) is 10.2. The van der Waals surface area contributed by atoms with Crippen molar-refractivity contribution in [2.45, 2.75) is 6.61 Å². The molecule has 3 rings (SSSR count). The van der Waals surface area contributed by atoms with Crippen molar-refractivity contribution in [2.75, 3.05) is 12.4 Å². The van der Waals surface area contributed by atoms with Gasteiger partial charge in [-0.25, -0.2) is 4.39 Å². The summed E-state index contributed by atoms with van der Waals surface area (Å²) < 4.78 is 24.2. The van der Waals surface area contributed by atoms with Gasteiger partial charge in [-0.15, -0.1) is 0 Å². The quantitative estimate of drug-likeness (QED) is 0.336. The lowest BCUT2D eigenvalue weighted by Crippen LogP contribution is -2.23. The summed E-state index contributed by atoms with van der Waals surface area (Å²) in [5.74, 6) is 0.949. The highest BCUT2D eigenvalue weighted by Gasteiger charge is 2.06. The predicted octanol–water partition coefficient (Wildman–Crippen LogP) is 4.73. The van der Waals surface area contributed by atoms with E-state index < -0.39 is 0 Å². The molecule has 0 aliphatic carbocycles. The van der Waals surface area contributed by atoms with Crippen LogP contribution in [-0.4, -0.2) is 18.4 Å². The molecular weight excluding hydrogens is 389 g/mol. The molecule has 3 aromatic carbocycles. The number of anilines is 1. The molecule has 0 bridgehead atoms. The maximum absolute atomic E-state index is 12.9. The number of ether oxygens (including phenoxy) is 2. The van der Waals surface area contributed by atoms with E-state index >= 15 is 0 Å². The van der Waals surface area contributed by atoms with Gasteiger partial charge in [-0.2, -0.15) is 5.10 Å². The second-order valence-electron chi connectivity index (χ2n) is 6.02. The molecule has 0 radical (unpaired) electrons. The summed E-state index contributed by atoms with van der Waals surface area (Å²) in [7, 11) is 1.59. The zero-order chi connectivity index (χ0) is 20.5. The smallest absolute Gasteiger partial charge is 0.191 e. The van der Waals surface area contributed by atoms with E-state index in [1.807, 2.05) is 48.5 Å². The summed E-state index contributed by atoms with van der Waals surface area (Å²) in [6, 6.07) is 21.3. The van der Waals surface area contributed by atoms with Gasteiger partial charge in [-0.1, -0.05) is 30.3 Å². The number of hydrogen-bond acceptors (Lipinski definition) is 4. The largest absolute Gasteiger partial charge is 0.493 e. The molecule has 29 heavy (non-hydrogen) atoms. The minimum Gasteiger partial charge on any atom is -0.493 e. The first-order chi connectivity index (χ1) is 14.1. The van der Waals surface area contributed by atoms with Crippen LogP contribution in [0.2, 0.25) is 0 Å². The molecule has 5 nitrogen and oxygen atoms in total. The lowest BCUT2D eigenvalue weighted by atomic mass is 10.2. The summed E-state index contributed by atoms with van der Waals surface area (Å²) in [6.07, 6.45) is 1.61.